The molecule has 0 aromatic heterocycles. The summed E-state index contributed by atoms with van der Waals surface area (Å²) in [5.41, 5.74) is 0. The van der Waals surface area contributed by atoms with Gasteiger partial charge in [-0.15, -0.1) is 0 Å². The lowest BCUT2D eigenvalue weighted by molar-refractivity contribution is 0.135. The first kappa shape index (κ1) is 21.2. The zero-order chi connectivity index (χ0) is 20.1. The fraction of sp³-hybridized carbons (Fsp3) is 0.545. The Hall–Kier alpha value is -1.47. The number of hydrogen-bond donors (Lipinski definition) is 2. The lowest BCUT2D eigenvalue weighted by Crippen LogP contribution is -2.37. The zero-order valence-corrected chi connectivity index (χ0v) is 17.7. The van der Waals surface area contributed by atoms with Gasteiger partial charge >= 0.3 is 0 Å². The van der Waals surface area contributed by atoms with Gasteiger partial charge in [-0.3, -0.25) is 0 Å². The van der Waals surface area contributed by atoms with Crippen molar-refractivity contribution in [2.75, 3.05) is 19.6 Å². The van der Waals surface area contributed by atoms with E-state index in [4.69, 9.17) is 0 Å². The molecule has 0 amide bonds. The summed E-state index contributed by atoms with van der Waals surface area (Å²) in [4.78, 5) is 2.71. The quantitative estimate of drug-likeness (QED) is 0.672. The Morgan fingerprint density at radius 1 is 1.18 bits per heavy atom. The first-order valence-electron chi connectivity index (χ1n) is 10.3. The second-order valence-electron chi connectivity index (χ2n) is 8.23. The molecule has 0 bridgehead atoms. The van der Waals surface area contributed by atoms with Crippen LogP contribution in [0, 0.1) is 5.92 Å². The largest absolute Gasteiger partial charge is 0.392 e. The maximum atomic E-state index is 12.8. The molecular formula is C22H32N2O3S. The number of aliphatic hydroxyl groups is 1. The fourth-order valence-corrected chi connectivity index (χ4v) is 5.43. The molecule has 1 aliphatic heterocycles. The second kappa shape index (κ2) is 9.35. The van der Waals surface area contributed by atoms with E-state index in [1.807, 2.05) is 30.3 Å². The van der Waals surface area contributed by atoms with Gasteiger partial charge in [0.25, 0.3) is 0 Å². The fourth-order valence-electron chi connectivity index (χ4n) is 4.13. The molecule has 1 aliphatic rings. The Kier molecular flexibility index (Phi) is 7.10. The van der Waals surface area contributed by atoms with E-state index in [9.17, 15) is 13.5 Å². The van der Waals surface area contributed by atoms with Crippen molar-refractivity contribution in [3.8, 4) is 0 Å². The van der Waals surface area contributed by atoms with E-state index in [-0.39, 0.29) is 11.4 Å². The van der Waals surface area contributed by atoms with Crippen molar-refractivity contribution in [3.63, 3.8) is 0 Å². The summed E-state index contributed by atoms with van der Waals surface area (Å²) >= 11 is 0. The lowest BCUT2D eigenvalue weighted by atomic mass is 10.0. The van der Waals surface area contributed by atoms with E-state index >= 15 is 0 Å². The van der Waals surface area contributed by atoms with Crippen LogP contribution in [-0.2, 0) is 10.0 Å². The van der Waals surface area contributed by atoms with Crippen molar-refractivity contribution in [3.05, 3.63) is 42.5 Å². The van der Waals surface area contributed by atoms with Gasteiger partial charge in [0, 0.05) is 24.5 Å². The minimum absolute atomic E-state index is 0.0360. The first-order valence-corrected chi connectivity index (χ1v) is 11.7. The molecule has 3 rings (SSSR count). The number of likely N-dealkylation sites (tertiary alicyclic amines) is 1. The van der Waals surface area contributed by atoms with Crippen LogP contribution in [0.1, 0.15) is 39.5 Å². The monoisotopic (exact) mass is 404 g/mol. The van der Waals surface area contributed by atoms with Crippen LogP contribution < -0.4 is 4.72 Å². The van der Waals surface area contributed by atoms with Crippen molar-refractivity contribution < 1.29 is 13.5 Å². The summed E-state index contributed by atoms with van der Waals surface area (Å²) in [5.74, 6) is 0.669. The topological polar surface area (TPSA) is 69.6 Å². The third kappa shape index (κ3) is 5.32. The van der Waals surface area contributed by atoms with E-state index in [0.717, 1.165) is 18.5 Å². The van der Waals surface area contributed by atoms with Crippen LogP contribution in [0.3, 0.4) is 0 Å². The standard InChI is InChI=1S/C22H32N2O3S/c1-17(2)15-19-9-6-13-24(19)14-12-20(25)16-23-28(26,27)22-11-5-8-18-7-3-4-10-21(18)22/h3-5,7-8,10-11,17,19-20,23,25H,6,9,12-16H2,1-2H3/t19?,20-/m1/s1. The summed E-state index contributed by atoms with van der Waals surface area (Å²) in [6, 6.07) is 13.3. The molecule has 5 nitrogen and oxygen atoms in total. The summed E-state index contributed by atoms with van der Waals surface area (Å²) in [7, 11) is -3.67. The Labute approximate surface area is 168 Å². The molecule has 0 radical (unpaired) electrons. The zero-order valence-electron chi connectivity index (χ0n) is 16.8. The minimum atomic E-state index is -3.67. The van der Waals surface area contributed by atoms with E-state index in [1.165, 1.54) is 19.3 Å². The highest BCUT2D eigenvalue weighted by Gasteiger charge is 2.25. The van der Waals surface area contributed by atoms with Crippen molar-refractivity contribution in [1.29, 1.82) is 0 Å². The van der Waals surface area contributed by atoms with Crippen LogP contribution in [0.25, 0.3) is 10.8 Å². The summed E-state index contributed by atoms with van der Waals surface area (Å²) in [6.07, 6.45) is 3.50. The van der Waals surface area contributed by atoms with Gasteiger partial charge in [0.2, 0.25) is 10.0 Å². The second-order valence-corrected chi connectivity index (χ2v) is 9.97. The van der Waals surface area contributed by atoms with Gasteiger partial charge in [0.15, 0.2) is 0 Å². The van der Waals surface area contributed by atoms with E-state index in [2.05, 4.69) is 23.5 Å². The highest BCUT2D eigenvalue weighted by molar-refractivity contribution is 7.89. The normalized spacial score (nSPS) is 19.5. The number of nitrogens with one attached hydrogen (secondary N) is 1. The van der Waals surface area contributed by atoms with E-state index in [1.54, 1.807) is 12.1 Å². The van der Waals surface area contributed by atoms with Gasteiger partial charge < -0.3 is 10.0 Å². The molecule has 1 heterocycles. The minimum Gasteiger partial charge on any atom is -0.392 e. The van der Waals surface area contributed by atoms with Crippen LogP contribution >= 0.6 is 0 Å². The molecule has 0 saturated carbocycles. The molecule has 0 aliphatic carbocycles. The van der Waals surface area contributed by atoms with Crippen LogP contribution in [0.2, 0.25) is 0 Å². The van der Waals surface area contributed by atoms with Crippen molar-refractivity contribution in [1.82, 2.24) is 9.62 Å². The first-order chi connectivity index (χ1) is 13.4. The number of benzene rings is 2. The molecular weight excluding hydrogens is 372 g/mol. The molecule has 2 aromatic carbocycles. The van der Waals surface area contributed by atoms with Crippen LogP contribution in [0.15, 0.2) is 47.4 Å². The maximum Gasteiger partial charge on any atom is 0.241 e. The third-order valence-electron chi connectivity index (χ3n) is 5.54. The average molecular weight is 405 g/mol. The number of hydrogen-bond acceptors (Lipinski definition) is 4. The highest BCUT2D eigenvalue weighted by Crippen LogP contribution is 2.24. The molecule has 2 N–H and O–H groups in total. The molecule has 6 heteroatoms. The molecule has 1 unspecified atom stereocenters. The number of fused-ring (bicyclic) bond motifs is 1. The molecule has 154 valence electrons. The summed E-state index contributed by atoms with van der Waals surface area (Å²) in [6.45, 7) is 6.41. The predicted molar refractivity (Wildman–Crippen MR) is 114 cm³/mol. The predicted octanol–water partition coefficient (Wildman–Crippen LogP) is 3.38. The summed E-state index contributed by atoms with van der Waals surface area (Å²) < 4.78 is 28.1. The highest BCUT2D eigenvalue weighted by atomic mass is 32.2. The van der Waals surface area contributed by atoms with Crippen molar-refractivity contribution >= 4 is 20.8 Å². The smallest absolute Gasteiger partial charge is 0.241 e. The van der Waals surface area contributed by atoms with Gasteiger partial charge in [-0.1, -0.05) is 50.2 Å². The SMILES string of the molecule is CC(C)CC1CCCN1CC[C@@H](O)CNS(=O)(=O)c1cccc2ccccc12. The number of nitrogens with zero attached hydrogens (tertiary/aromatic N) is 1. The molecule has 1 saturated heterocycles. The van der Waals surface area contributed by atoms with Crippen LogP contribution in [0.4, 0.5) is 0 Å². The van der Waals surface area contributed by atoms with Gasteiger partial charge in [-0.2, -0.15) is 0 Å². The molecule has 1 fully saturated rings. The van der Waals surface area contributed by atoms with E-state index < -0.39 is 16.1 Å². The van der Waals surface area contributed by atoms with Crippen LogP contribution in [0.5, 0.6) is 0 Å². The van der Waals surface area contributed by atoms with Crippen LogP contribution in [-0.4, -0.2) is 50.2 Å². The van der Waals surface area contributed by atoms with E-state index in [0.29, 0.717) is 23.8 Å². The molecule has 28 heavy (non-hydrogen) atoms. The average Bonchev–Trinajstić information content (AvgIpc) is 3.10. The van der Waals surface area contributed by atoms with Gasteiger partial charge in [0.05, 0.1) is 11.0 Å². The number of sulfonamides is 1. The molecule has 2 atom stereocenters. The maximum absolute atomic E-state index is 12.8. The lowest BCUT2D eigenvalue weighted by Gasteiger charge is -2.26. The van der Waals surface area contributed by atoms with Crippen molar-refractivity contribution in [2.45, 2.75) is 56.6 Å². The summed E-state index contributed by atoms with van der Waals surface area (Å²) in [5, 5.41) is 11.9. The molecule has 2 aromatic rings. The third-order valence-corrected chi connectivity index (χ3v) is 7.02. The molecule has 0 spiro atoms. The Morgan fingerprint density at radius 2 is 1.93 bits per heavy atom. The van der Waals surface area contributed by atoms with Gasteiger partial charge in [-0.25, -0.2) is 13.1 Å². The van der Waals surface area contributed by atoms with Crippen molar-refractivity contribution in [2.24, 2.45) is 5.92 Å². The van der Waals surface area contributed by atoms with Gasteiger partial charge in [-0.05, 0) is 49.6 Å². The Balaban J connectivity index is 1.55. The number of aliphatic hydroxyl groups excluding tert-OH is 1. The Morgan fingerprint density at radius 3 is 2.71 bits per heavy atom. The Bertz CT molecular complexity index is 877. The number of rotatable bonds is 9. The van der Waals surface area contributed by atoms with Gasteiger partial charge in [0.1, 0.15) is 0 Å².